The van der Waals surface area contributed by atoms with Crippen LogP contribution in [0.5, 0.6) is 0 Å². The Bertz CT molecular complexity index is 786. The molecule has 26 heavy (non-hydrogen) atoms. The number of aryl methyl sites for hydroxylation is 1. The van der Waals surface area contributed by atoms with Crippen molar-refractivity contribution in [3.8, 4) is 0 Å². The number of hydrogen-bond acceptors (Lipinski definition) is 4. The van der Waals surface area contributed by atoms with Gasteiger partial charge in [0.15, 0.2) is 0 Å². The van der Waals surface area contributed by atoms with Crippen LogP contribution in [0.15, 0.2) is 59.5 Å². The lowest BCUT2D eigenvalue weighted by Gasteiger charge is -2.27. The number of rotatable bonds is 6. The maximum Gasteiger partial charge on any atom is 0.321 e. The molecule has 0 aliphatic rings. The molecule has 0 radical (unpaired) electrons. The summed E-state index contributed by atoms with van der Waals surface area (Å²) in [4.78, 5) is 11.9. The molecule has 0 bridgehead atoms. The second-order valence-electron chi connectivity index (χ2n) is 5.53. The van der Waals surface area contributed by atoms with Crippen LogP contribution in [0.25, 0.3) is 0 Å². The zero-order valence-electron chi connectivity index (χ0n) is 16.0. The third-order valence-corrected chi connectivity index (χ3v) is 5.78. The maximum absolute atomic E-state index is 13.0. The number of sulfonamides is 1. The van der Waals surface area contributed by atoms with E-state index in [9.17, 15) is 13.2 Å². The first-order valence-corrected chi connectivity index (χ1v) is 10.0. The zero-order chi connectivity index (χ0) is 19.7. The molecule has 0 amide bonds. The van der Waals surface area contributed by atoms with Crippen LogP contribution >= 0.6 is 0 Å². The number of methoxy groups -OCH3 is 1. The molecular weight excluding hydrogens is 350 g/mol. The Kier molecular flexibility index (Phi) is 8.48. The van der Waals surface area contributed by atoms with Crippen LogP contribution in [0.4, 0.5) is 0 Å². The predicted octanol–water partition coefficient (Wildman–Crippen LogP) is 3.95. The van der Waals surface area contributed by atoms with Crippen molar-refractivity contribution < 1.29 is 17.9 Å². The van der Waals surface area contributed by atoms with Gasteiger partial charge in [0.2, 0.25) is 10.0 Å². The number of hydrogen-bond donors (Lipinski definition) is 0. The van der Waals surface area contributed by atoms with E-state index in [1.807, 2.05) is 51.1 Å². The molecule has 142 valence electrons. The molecule has 0 aliphatic carbocycles. The quantitative estimate of drug-likeness (QED) is 0.715. The second-order valence-corrected chi connectivity index (χ2v) is 7.42. The molecule has 0 saturated carbocycles. The molecule has 0 spiro atoms. The van der Waals surface area contributed by atoms with Crippen LogP contribution in [0.3, 0.4) is 0 Å². The number of ether oxygens (including phenoxy) is 1. The number of benzene rings is 2. The Labute approximate surface area is 156 Å². The van der Waals surface area contributed by atoms with Crippen molar-refractivity contribution in [2.75, 3.05) is 13.7 Å². The normalized spacial score (nSPS) is 12.1. The molecule has 6 heteroatoms. The van der Waals surface area contributed by atoms with Crippen LogP contribution in [-0.2, 0) is 19.6 Å². The Hall–Kier alpha value is -2.18. The van der Waals surface area contributed by atoms with Crippen LogP contribution in [0.1, 0.15) is 37.9 Å². The largest absolute Gasteiger partial charge is 0.468 e. The predicted molar refractivity (Wildman–Crippen MR) is 103 cm³/mol. The lowest BCUT2D eigenvalue weighted by Crippen LogP contribution is -2.38. The monoisotopic (exact) mass is 377 g/mol. The van der Waals surface area contributed by atoms with E-state index in [1.165, 1.54) is 11.4 Å². The highest BCUT2D eigenvalue weighted by atomic mass is 32.2. The SMILES string of the molecule is CC.COC(=O)CN([C@@H](C)c1ccccc1)S(=O)(=O)c1ccc(C)cc1. The third kappa shape index (κ3) is 5.41. The number of carbonyl (C=O) groups excluding carboxylic acids is 1. The van der Waals surface area contributed by atoms with Gasteiger partial charge in [0, 0.05) is 6.04 Å². The second kappa shape index (κ2) is 10.1. The molecule has 0 aliphatic heterocycles. The Morgan fingerprint density at radius 1 is 1.04 bits per heavy atom. The minimum atomic E-state index is -3.84. The molecule has 2 rings (SSSR count). The van der Waals surface area contributed by atoms with Crippen molar-refractivity contribution in [1.29, 1.82) is 0 Å². The van der Waals surface area contributed by atoms with Gasteiger partial charge in [-0.15, -0.1) is 0 Å². The molecule has 2 aromatic rings. The molecule has 2 aromatic carbocycles. The summed E-state index contributed by atoms with van der Waals surface area (Å²) in [6, 6.07) is 15.2. The Balaban J connectivity index is 0.00000163. The number of carbonyl (C=O) groups is 1. The van der Waals surface area contributed by atoms with E-state index in [0.717, 1.165) is 11.1 Å². The lowest BCUT2D eigenvalue weighted by atomic mass is 10.1. The molecule has 0 saturated heterocycles. The average Bonchev–Trinajstić information content (AvgIpc) is 2.67. The molecular formula is C20H27NO4S. The molecule has 0 unspecified atom stereocenters. The summed E-state index contributed by atoms with van der Waals surface area (Å²) in [5.41, 5.74) is 1.77. The van der Waals surface area contributed by atoms with Crippen molar-refractivity contribution >= 4 is 16.0 Å². The Morgan fingerprint density at radius 2 is 1.58 bits per heavy atom. The molecule has 0 fully saturated rings. The molecule has 5 nitrogen and oxygen atoms in total. The fourth-order valence-corrected chi connectivity index (χ4v) is 3.93. The van der Waals surface area contributed by atoms with E-state index in [1.54, 1.807) is 31.2 Å². The summed E-state index contributed by atoms with van der Waals surface area (Å²) in [5.74, 6) is -0.603. The maximum atomic E-state index is 13.0. The van der Waals surface area contributed by atoms with Gasteiger partial charge in [-0.3, -0.25) is 4.79 Å². The molecule has 0 aromatic heterocycles. The molecule has 0 heterocycles. The van der Waals surface area contributed by atoms with E-state index >= 15 is 0 Å². The van der Waals surface area contributed by atoms with Crippen molar-refractivity contribution in [3.63, 3.8) is 0 Å². The summed E-state index contributed by atoms with van der Waals surface area (Å²) in [6.45, 7) is 7.29. The van der Waals surface area contributed by atoms with E-state index in [2.05, 4.69) is 4.74 Å². The van der Waals surface area contributed by atoms with Gasteiger partial charge in [0.1, 0.15) is 6.54 Å². The Morgan fingerprint density at radius 3 is 2.08 bits per heavy atom. The first-order valence-electron chi connectivity index (χ1n) is 8.56. The van der Waals surface area contributed by atoms with Gasteiger partial charge in [0.25, 0.3) is 0 Å². The van der Waals surface area contributed by atoms with E-state index in [-0.39, 0.29) is 11.4 Å². The molecule has 0 N–H and O–H groups in total. The summed E-state index contributed by atoms with van der Waals surface area (Å²) >= 11 is 0. The smallest absolute Gasteiger partial charge is 0.321 e. The van der Waals surface area contributed by atoms with Crippen molar-refractivity contribution in [2.24, 2.45) is 0 Å². The zero-order valence-corrected chi connectivity index (χ0v) is 16.8. The van der Waals surface area contributed by atoms with Gasteiger partial charge in [-0.25, -0.2) is 8.42 Å². The highest BCUT2D eigenvalue weighted by molar-refractivity contribution is 7.89. The number of esters is 1. The van der Waals surface area contributed by atoms with Crippen molar-refractivity contribution in [2.45, 2.75) is 38.6 Å². The van der Waals surface area contributed by atoms with Crippen LogP contribution < -0.4 is 0 Å². The minimum Gasteiger partial charge on any atom is -0.468 e. The minimum absolute atomic E-state index is 0.153. The first kappa shape index (κ1) is 21.9. The van der Waals surface area contributed by atoms with Gasteiger partial charge in [-0.1, -0.05) is 61.9 Å². The first-order chi connectivity index (χ1) is 12.4. The van der Waals surface area contributed by atoms with Crippen molar-refractivity contribution in [3.05, 3.63) is 65.7 Å². The lowest BCUT2D eigenvalue weighted by molar-refractivity contribution is -0.141. The summed E-state index contributed by atoms with van der Waals surface area (Å²) < 4.78 is 31.9. The van der Waals surface area contributed by atoms with E-state index < -0.39 is 22.0 Å². The highest BCUT2D eigenvalue weighted by Crippen LogP contribution is 2.27. The van der Waals surface area contributed by atoms with Crippen molar-refractivity contribution in [1.82, 2.24) is 4.31 Å². The summed E-state index contributed by atoms with van der Waals surface area (Å²) in [7, 11) is -2.60. The fraction of sp³-hybridized carbons (Fsp3) is 0.350. The van der Waals surface area contributed by atoms with Crippen LogP contribution in [0.2, 0.25) is 0 Å². The van der Waals surface area contributed by atoms with Gasteiger partial charge >= 0.3 is 5.97 Å². The highest BCUT2D eigenvalue weighted by Gasteiger charge is 2.32. The third-order valence-electron chi connectivity index (χ3n) is 3.85. The van der Waals surface area contributed by atoms with Gasteiger partial charge in [0.05, 0.1) is 12.0 Å². The van der Waals surface area contributed by atoms with E-state index in [0.29, 0.717) is 0 Å². The average molecular weight is 378 g/mol. The molecule has 1 atom stereocenters. The van der Waals surface area contributed by atoms with Gasteiger partial charge in [-0.05, 0) is 31.5 Å². The summed E-state index contributed by atoms with van der Waals surface area (Å²) in [5, 5.41) is 0. The van der Waals surface area contributed by atoms with Gasteiger partial charge in [-0.2, -0.15) is 4.31 Å². The summed E-state index contributed by atoms with van der Waals surface area (Å²) in [6.07, 6.45) is 0. The fourth-order valence-electron chi connectivity index (χ4n) is 2.37. The standard InChI is InChI=1S/C18H21NO4S.C2H6/c1-14-9-11-17(12-10-14)24(21,22)19(13-18(20)23-3)15(2)16-7-5-4-6-8-16;1-2/h4-12,15H,13H2,1-3H3;1-2H3/t15-;/m0./s1. The van der Waals surface area contributed by atoms with Gasteiger partial charge < -0.3 is 4.74 Å². The topological polar surface area (TPSA) is 63.7 Å². The van der Waals surface area contributed by atoms with Crippen LogP contribution in [0, 0.1) is 6.92 Å². The number of nitrogens with zero attached hydrogens (tertiary/aromatic N) is 1. The van der Waals surface area contributed by atoms with Crippen LogP contribution in [-0.4, -0.2) is 32.3 Å². The van der Waals surface area contributed by atoms with E-state index in [4.69, 9.17) is 0 Å².